The van der Waals surface area contributed by atoms with E-state index in [2.05, 4.69) is 5.32 Å². The van der Waals surface area contributed by atoms with Crippen LogP contribution in [0.4, 0.5) is 10.1 Å². The van der Waals surface area contributed by atoms with Crippen molar-refractivity contribution in [3.05, 3.63) is 24.0 Å². The minimum atomic E-state index is -0.287. The molecule has 3 rings (SSSR count). The number of hydrogen-bond donors (Lipinski definition) is 1. The fourth-order valence-corrected chi connectivity index (χ4v) is 3.73. The van der Waals surface area contributed by atoms with Crippen LogP contribution in [0.2, 0.25) is 0 Å². The Morgan fingerprint density at radius 1 is 1.21 bits per heavy atom. The minimum absolute atomic E-state index is 0.287. The first-order valence-corrected chi connectivity index (χ1v) is 7.34. The van der Waals surface area contributed by atoms with Crippen LogP contribution in [0.3, 0.4) is 0 Å². The van der Waals surface area contributed by atoms with Crippen molar-refractivity contribution in [1.82, 2.24) is 0 Å². The van der Waals surface area contributed by atoms with Crippen molar-refractivity contribution in [3.63, 3.8) is 0 Å². The molecule has 19 heavy (non-hydrogen) atoms. The van der Waals surface area contributed by atoms with E-state index in [1.165, 1.54) is 52.1 Å². The monoisotopic (exact) mass is 263 g/mol. The van der Waals surface area contributed by atoms with Crippen molar-refractivity contribution < 1.29 is 9.13 Å². The quantitative estimate of drug-likeness (QED) is 0.875. The molecule has 1 aromatic rings. The van der Waals surface area contributed by atoms with Gasteiger partial charge in [-0.25, -0.2) is 4.39 Å². The molecule has 1 aromatic carbocycles. The maximum absolute atomic E-state index is 13.7. The number of halogens is 1. The van der Waals surface area contributed by atoms with Crippen molar-refractivity contribution in [1.29, 1.82) is 0 Å². The van der Waals surface area contributed by atoms with Crippen LogP contribution >= 0.6 is 0 Å². The van der Waals surface area contributed by atoms with E-state index < -0.39 is 0 Å². The highest BCUT2D eigenvalue weighted by Gasteiger charge is 2.46. The smallest absolute Gasteiger partial charge is 0.167 e. The lowest BCUT2D eigenvalue weighted by Crippen LogP contribution is -2.50. The summed E-state index contributed by atoms with van der Waals surface area (Å²) in [6, 6.07) is 5.69. The van der Waals surface area contributed by atoms with Gasteiger partial charge in [0.25, 0.3) is 0 Å². The van der Waals surface area contributed by atoms with E-state index in [0.717, 1.165) is 5.69 Å². The van der Waals surface area contributed by atoms with Crippen molar-refractivity contribution in [2.45, 2.75) is 51.0 Å². The van der Waals surface area contributed by atoms with E-state index in [4.69, 9.17) is 4.74 Å². The Bertz CT molecular complexity index is 454. The number of benzene rings is 1. The lowest BCUT2D eigenvalue weighted by molar-refractivity contribution is 0.0571. The molecule has 1 N–H and O–H groups in total. The molecule has 0 saturated heterocycles. The van der Waals surface area contributed by atoms with Gasteiger partial charge >= 0.3 is 0 Å². The number of methoxy groups -OCH3 is 1. The second-order valence-corrected chi connectivity index (χ2v) is 6.01. The topological polar surface area (TPSA) is 21.3 Å². The van der Waals surface area contributed by atoms with Crippen molar-refractivity contribution in [3.8, 4) is 5.75 Å². The van der Waals surface area contributed by atoms with Crippen LogP contribution in [0.15, 0.2) is 18.2 Å². The molecule has 0 aliphatic heterocycles. The van der Waals surface area contributed by atoms with E-state index >= 15 is 0 Å². The molecule has 2 aliphatic carbocycles. The summed E-state index contributed by atoms with van der Waals surface area (Å²) in [5.41, 5.74) is 1.38. The van der Waals surface area contributed by atoms with E-state index in [-0.39, 0.29) is 5.82 Å². The van der Waals surface area contributed by atoms with Crippen LogP contribution in [-0.4, -0.2) is 13.2 Å². The summed E-state index contributed by atoms with van der Waals surface area (Å²) in [5, 5.41) is 3.54. The Morgan fingerprint density at radius 3 is 2.58 bits per heavy atom. The second kappa shape index (κ2) is 5.03. The van der Waals surface area contributed by atoms with Crippen molar-refractivity contribution >= 4 is 5.69 Å². The summed E-state index contributed by atoms with van der Waals surface area (Å²) in [5.74, 6) is 0.0241. The standard InChI is InChI=1S/C16H22FNO/c1-19-14-6-5-12(11-13(14)17)18-15-7-10-16(15)8-3-2-4-9-16/h5-6,11,15,18H,2-4,7-10H2,1H3. The zero-order valence-electron chi connectivity index (χ0n) is 11.5. The molecule has 0 heterocycles. The molecule has 1 spiro atoms. The van der Waals surface area contributed by atoms with Crippen LogP contribution in [0.25, 0.3) is 0 Å². The molecule has 0 aromatic heterocycles. The molecule has 0 bridgehead atoms. The third-order valence-corrected chi connectivity index (χ3v) is 5.01. The first kappa shape index (κ1) is 12.8. The van der Waals surface area contributed by atoms with Crippen molar-refractivity contribution in [2.24, 2.45) is 5.41 Å². The highest BCUT2D eigenvalue weighted by molar-refractivity contribution is 5.49. The summed E-state index contributed by atoms with van der Waals surface area (Å²) < 4.78 is 18.6. The zero-order chi connectivity index (χ0) is 13.3. The van der Waals surface area contributed by atoms with E-state index in [1.54, 1.807) is 12.1 Å². The van der Waals surface area contributed by atoms with Gasteiger partial charge in [0.15, 0.2) is 11.6 Å². The maximum Gasteiger partial charge on any atom is 0.167 e. The lowest BCUT2D eigenvalue weighted by Gasteiger charge is -2.52. The Balaban J connectivity index is 1.69. The first-order valence-electron chi connectivity index (χ1n) is 7.34. The summed E-state index contributed by atoms with van der Waals surface area (Å²) in [6.07, 6.45) is 9.32. The van der Waals surface area contributed by atoms with Gasteiger partial charge in [-0.05, 0) is 43.2 Å². The highest BCUT2D eigenvalue weighted by atomic mass is 19.1. The number of hydrogen-bond acceptors (Lipinski definition) is 2. The Hall–Kier alpha value is -1.25. The predicted octanol–water partition coefficient (Wildman–Crippen LogP) is 4.36. The SMILES string of the molecule is COc1ccc(NC2CCC23CCCCC3)cc1F. The van der Waals surface area contributed by atoms with E-state index in [1.807, 2.05) is 6.07 Å². The number of rotatable bonds is 3. The van der Waals surface area contributed by atoms with Crippen LogP contribution < -0.4 is 10.1 Å². The van der Waals surface area contributed by atoms with Crippen LogP contribution in [-0.2, 0) is 0 Å². The van der Waals surface area contributed by atoms with Gasteiger partial charge < -0.3 is 10.1 Å². The Labute approximate surface area is 114 Å². The maximum atomic E-state index is 13.7. The van der Waals surface area contributed by atoms with Crippen molar-refractivity contribution in [2.75, 3.05) is 12.4 Å². The summed E-state index contributed by atoms with van der Waals surface area (Å²) in [7, 11) is 1.49. The second-order valence-electron chi connectivity index (χ2n) is 6.01. The summed E-state index contributed by atoms with van der Waals surface area (Å²) in [4.78, 5) is 0. The number of nitrogens with one attached hydrogen (secondary N) is 1. The molecule has 2 aliphatic rings. The van der Waals surface area contributed by atoms with Gasteiger partial charge in [0.05, 0.1) is 7.11 Å². The molecule has 2 nitrogen and oxygen atoms in total. The molecule has 0 amide bonds. The molecular formula is C16H22FNO. The molecule has 3 heteroatoms. The van der Waals surface area contributed by atoms with E-state index in [0.29, 0.717) is 17.2 Å². The molecule has 2 fully saturated rings. The highest BCUT2D eigenvalue weighted by Crippen LogP contribution is 2.52. The molecule has 1 unspecified atom stereocenters. The van der Waals surface area contributed by atoms with Crippen LogP contribution in [0, 0.1) is 11.2 Å². The summed E-state index contributed by atoms with van der Waals surface area (Å²) >= 11 is 0. The Morgan fingerprint density at radius 2 is 2.00 bits per heavy atom. The molecule has 104 valence electrons. The zero-order valence-corrected chi connectivity index (χ0v) is 11.5. The molecular weight excluding hydrogens is 241 g/mol. The first-order chi connectivity index (χ1) is 9.23. The fourth-order valence-electron chi connectivity index (χ4n) is 3.73. The van der Waals surface area contributed by atoms with Gasteiger partial charge in [-0.3, -0.25) is 0 Å². The van der Waals surface area contributed by atoms with Gasteiger partial charge in [0.2, 0.25) is 0 Å². The predicted molar refractivity (Wildman–Crippen MR) is 75.1 cm³/mol. The van der Waals surface area contributed by atoms with E-state index in [9.17, 15) is 4.39 Å². The third-order valence-electron chi connectivity index (χ3n) is 5.01. The van der Waals surface area contributed by atoms with Crippen LogP contribution in [0.1, 0.15) is 44.9 Å². The fraction of sp³-hybridized carbons (Fsp3) is 0.625. The Kier molecular flexibility index (Phi) is 3.38. The average Bonchev–Trinajstić information content (AvgIpc) is 2.45. The van der Waals surface area contributed by atoms with Gasteiger partial charge in [0, 0.05) is 17.8 Å². The number of anilines is 1. The van der Waals surface area contributed by atoms with Gasteiger partial charge in [-0.15, -0.1) is 0 Å². The number of ether oxygens (including phenoxy) is 1. The third kappa shape index (κ3) is 2.31. The largest absolute Gasteiger partial charge is 0.494 e. The van der Waals surface area contributed by atoms with Gasteiger partial charge in [0.1, 0.15) is 0 Å². The van der Waals surface area contributed by atoms with Gasteiger partial charge in [-0.2, -0.15) is 0 Å². The molecule has 0 radical (unpaired) electrons. The average molecular weight is 263 g/mol. The van der Waals surface area contributed by atoms with Gasteiger partial charge in [-0.1, -0.05) is 19.3 Å². The lowest BCUT2D eigenvalue weighted by atomic mass is 9.57. The summed E-state index contributed by atoms with van der Waals surface area (Å²) in [6.45, 7) is 0. The van der Waals surface area contributed by atoms with Crippen LogP contribution in [0.5, 0.6) is 5.75 Å². The molecule has 1 atom stereocenters. The minimum Gasteiger partial charge on any atom is -0.494 e. The normalized spacial score (nSPS) is 24.8. The molecule has 2 saturated carbocycles.